The number of halogens is 2. The van der Waals surface area contributed by atoms with E-state index in [1.54, 1.807) is 6.92 Å². The van der Waals surface area contributed by atoms with Crippen molar-refractivity contribution in [1.29, 1.82) is 0 Å². The van der Waals surface area contributed by atoms with Gasteiger partial charge in [-0.25, -0.2) is 4.39 Å². The van der Waals surface area contributed by atoms with Crippen LogP contribution in [0.4, 0.5) is 4.39 Å². The van der Waals surface area contributed by atoms with Gasteiger partial charge in [-0.2, -0.15) is 0 Å². The normalized spacial score (nSPS) is 41.2. The number of hydrogen-bond acceptors (Lipinski definition) is 0. The van der Waals surface area contributed by atoms with Gasteiger partial charge in [0.2, 0.25) is 0 Å². The molecule has 1 fully saturated rings. The third-order valence-electron chi connectivity index (χ3n) is 2.53. The summed E-state index contributed by atoms with van der Waals surface area (Å²) in [5, 5.41) is 0. The van der Waals surface area contributed by atoms with Gasteiger partial charge >= 0.3 is 0 Å². The van der Waals surface area contributed by atoms with Gasteiger partial charge < -0.3 is 0 Å². The molecule has 2 unspecified atom stereocenters. The fourth-order valence-corrected chi connectivity index (χ4v) is 2.16. The lowest BCUT2D eigenvalue weighted by molar-refractivity contribution is 0.155. The largest absolute Gasteiger partial charge is 0.243 e. The minimum Gasteiger partial charge on any atom is -0.243 e. The molecule has 0 nitrogen and oxygen atoms in total. The molecule has 0 aromatic heterocycles. The van der Waals surface area contributed by atoms with E-state index in [-0.39, 0.29) is 4.83 Å². The second kappa shape index (κ2) is 3.88. The van der Waals surface area contributed by atoms with Crippen LogP contribution >= 0.6 is 15.9 Å². The highest BCUT2D eigenvalue weighted by atomic mass is 79.9. The predicted molar refractivity (Wildman–Crippen MR) is 49.9 cm³/mol. The number of hydrogen-bond donors (Lipinski definition) is 0. The molecule has 2 heteroatoms. The van der Waals surface area contributed by atoms with Crippen molar-refractivity contribution in [2.24, 2.45) is 0 Å². The smallest absolute Gasteiger partial charge is 0.120 e. The Bertz CT molecular complexity index is 123. The Kier molecular flexibility index (Phi) is 3.35. The zero-order chi connectivity index (χ0) is 8.32. The molecule has 1 aliphatic rings. The summed E-state index contributed by atoms with van der Waals surface area (Å²) < 4.78 is 13.7. The molecule has 66 valence electrons. The Morgan fingerprint density at radius 3 is 2.64 bits per heavy atom. The number of alkyl halides is 2. The molecule has 0 radical (unpaired) electrons. The first-order valence-corrected chi connectivity index (χ1v) is 5.37. The molecule has 11 heavy (non-hydrogen) atoms. The van der Waals surface area contributed by atoms with Crippen molar-refractivity contribution >= 4 is 15.9 Å². The van der Waals surface area contributed by atoms with Crippen LogP contribution in [0, 0.1) is 0 Å². The maximum atomic E-state index is 13.7. The fourth-order valence-electron chi connectivity index (χ4n) is 1.61. The van der Waals surface area contributed by atoms with E-state index < -0.39 is 5.67 Å². The number of rotatable bonds is 0. The standard InChI is InChI=1S/C9H16BrF/c1-9(11)7-5-3-2-4-6-8(9)10/h8H,2-7H2,1H3. The third-order valence-corrected chi connectivity index (χ3v) is 3.94. The molecular weight excluding hydrogens is 207 g/mol. The van der Waals surface area contributed by atoms with Gasteiger partial charge in [-0.1, -0.05) is 41.6 Å². The third kappa shape index (κ3) is 2.73. The Labute approximate surface area is 76.7 Å². The van der Waals surface area contributed by atoms with E-state index in [0.717, 1.165) is 19.3 Å². The Morgan fingerprint density at radius 1 is 1.27 bits per heavy atom. The fraction of sp³-hybridized carbons (Fsp3) is 1.00. The highest BCUT2D eigenvalue weighted by molar-refractivity contribution is 9.09. The lowest BCUT2D eigenvalue weighted by Gasteiger charge is -2.28. The molecule has 0 bridgehead atoms. The summed E-state index contributed by atoms with van der Waals surface area (Å²) in [6.07, 6.45) is 6.43. The van der Waals surface area contributed by atoms with Crippen molar-refractivity contribution in [1.82, 2.24) is 0 Å². The highest BCUT2D eigenvalue weighted by Crippen LogP contribution is 2.34. The van der Waals surface area contributed by atoms with Crippen molar-refractivity contribution in [3.63, 3.8) is 0 Å². The van der Waals surface area contributed by atoms with Gasteiger partial charge in [0.05, 0.1) is 0 Å². The molecule has 0 N–H and O–H groups in total. The highest BCUT2D eigenvalue weighted by Gasteiger charge is 2.32. The van der Waals surface area contributed by atoms with Crippen molar-refractivity contribution in [2.45, 2.75) is 55.9 Å². The molecule has 0 amide bonds. The molecule has 1 saturated carbocycles. The molecule has 0 aromatic rings. The first-order valence-electron chi connectivity index (χ1n) is 4.46. The average molecular weight is 223 g/mol. The van der Waals surface area contributed by atoms with E-state index >= 15 is 0 Å². The SMILES string of the molecule is CC1(F)CCCCCCC1Br. The van der Waals surface area contributed by atoms with Crippen LogP contribution in [0.1, 0.15) is 45.4 Å². The average Bonchev–Trinajstić information content (AvgIpc) is 1.93. The summed E-state index contributed by atoms with van der Waals surface area (Å²) in [5.74, 6) is 0. The second-order valence-electron chi connectivity index (χ2n) is 3.70. The lowest BCUT2D eigenvalue weighted by Crippen LogP contribution is -2.31. The summed E-state index contributed by atoms with van der Waals surface area (Å²) in [6.45, 7) is 1.72. The van der Waals surface area contributed by atoms with Gasteiger partial charge in [0, 0.05) is 4.83 Å². The van der Waals surface area contributed by atoms with E-state index in [0.29, 0.717) is 0 Å². The van der Waals surface area contributed by atoms with Gasteiger partial charge in [-0.15, -0.1) is 0 Å². The Balaban J connectivity index is 2.47. The van der Waals surface area contributed by atoms with Crippen LogP contribution < -0.4 is 0 Å². The van der Waals surface area contributed by atoms with Crippen LogP contribution in [-0.4, -0.2) is 10.5 Å². The minimum atomic E-state index is -0.972. The first-order chi connectivity index (χ1) is 5.13. The quantitative estimate of drug-likeness (QED) is 0.547. The van der Waals surface area contributed by atoms with Crippen LogP contribution in [-0.2, 0) is 0 Å². The minimum absolute atomic E-state index is 0.0790. The van der Waals surface area contributed by atoms with Gasteiger partial charge in [-0.05, 0) is 19.8 Å². The van der Waals surface area contributed by atoms with E-state index in [4.69, 9.17) is 0 Å². The van der Waals surface area contributed by atoms with E-state index in [1.165, 1.54) is 19.3 Å². The van der Waals surface area contributed by atoms with Crippen molar-refractivity contribution in [2.75, 3.05) is 0 Å². The monoisotopic (exact) mass is 222 g/mol. The van der Waals surface area contributed by atoms with Crippen LogP contribution in [0.2, 0.25) is 0 Å². The maximum absolute atomic E-state index is 13.7. The van der Waals surface area contributed by atoms with Crippen LogP contribution in [0.25, 0.3) is 0 Å². The summed E-state index contributed by atoms with van der Waals surface area (Å²) in [6, 6.07) is 0. The van der Waals surface area contributed by atoms with Crippen molar-refractivity contribution in [3.05, 3.63) is 0 Å². The van der Waals surface area contributed by atoms with Gasteiger partial charge in [-0.3, -0.25) is 0 Å². The van der Waals surface area contributed by atoms with E-state index in [1.807, 2.05) is 0 Å². The first kappa shape index (κ1) is 9.50. The molecule has 0 saturated heterocycles. The molecule has 1 rings (SSSR count). The van der Waals surface area contributed by atoms with Gasteiger partial charge in [0.15, 0.2) is 0 Å². The summed E-state index contributed by atoms with van der Waals surface area (Å²) >= 11 is 3.42. The molecular formula is C9H16BrF. The van der Waals surface area contributed by atoms with Gasteiger partial charge in [0.25, 0.3) is 0 Å². The van der Waals surface area contributed by atoms with Crippen LogP contribution in [0.5, 0.6) is 0 Å². The zero-order valence-corrected chi connectivity index (χ0v) is 8.66. The summed E-state index contributed by atoms with van der Waals surface area (Å²) in [5.41, 5.74) is -0.972. The predicted octanol–water partition coefficient (Wildman–Crippen LogP) is 3.83. The van der Waals surface area contributed by atoms with Crippen LogP contribution in [0.3, 0.4) is 0 Å². The van der Waals surface area contributed by atoms with E-state index in [2.05, 4.69) is 15.9 Å². The van der Waals surface area contributed by atoms with E-state index in [9.17, 15) is 4.39 Å². The van der Waals surface area contributed by atoms with Gasteiger partial charge in [0.1, 0.15) is 5.67 Å². The maximum Gasteiger partial charge on any atom is 0.120 e. The topological polar surface area (TPSA) is 0 Å². The Morgan fingerprint density at radius 2 is 1.91 bits per heavy atom. The van der Waals surface area contributed by atoms with Crippen molar-refractivity contribution < 1.29 is 4.39 Å². The summed E-state index contributed by atoms with van der Waals surface area (Å²) in [4.78, 5) is 0.0790. The Hall–Kier alpha value is 0.410. The summed E-state index contributed by atoms with van der Waals surface area (Å²) in [7, 11) is 0. The second-order valence-corrected chi connectivity index (χ2v) is 4.80. The molecule has 0 spiro atoms. The molecule has 0 aliphatic heterocycles. The van der Waals surface area contributed by atoms with Crippen LogP contribution in [0.15, 0.2) is 0 Å². The molecule has 0 heterocycles. The molecule has 1 aliphatic carbocycles. The molecule has 2 atom stereocenters. The zero-order valence-electron chi connectivity index (χ0n) is 7.08. The van der Waals surface area contributed by atoms with Crippen molar-refractivity contribution in [3.8, 4) is 0 Å². The lowest BCUT2D eigenvalue weighted by atomic mass is 9.90. The molecule has 0 aromatic carbocycles.